The van der Waals surface area contributed by atoms with Gasteiger partial charge in [-0.2, -0.15) is 0 Å². The number of nitrogens with one attached hydrogen (secondary N) is 2. The third-order valence-electron chi connectivity index (χ3n) is 4.64. The number of carboxylic acids is 1. The zero-order chi connectivity index (χ0) is 17.8. The van der Waals surface area contributed by atoms with E-state index in [1.807, 2.05) is 0 Å². The molecule has 0 saturated heterocycles. The number of carboxylic acid groups (broad SMARTS) is 1. The second kappa shape index (κ2) is 8.09. The number of hydrogen-bond donors (Lipinski definition) is 3. The molecule has 0 atom stereocenters. The lowest BCUT2D eigenvalue weighted by molar-refractivity contribution is -0.139. The van der Waals surface area contributed by atoms with Gasteiger partial charge in [0.25, 0.3) is 0 Å². The van der Waals surface area contributed by atoms with E-state index in [0.717, 1.165) is 37.2 Å². The van der Waals surface area contributed by atoms with Crippen molar-refractivity contribution in [2.75, 3.05) is 18.4 Å². The van der Waals surface area contributed by atoms with Crippen LogP contribution in [0.1, 0.15) is 44.0 Å². The Kier molecular flexibility index (Phi) is 5.85. The van der Waals surface area contributed by atoms with Gasteiger partial charge in [-0.1, -0.05) is 18.3 Å². The van der Waals surface area contributed by atoms with Gasteiger partial charge in [0.15, 0.2) is 0 Å². The molecule has 2 saturated carbocycles. The van der Waals surface area contributed by atoms with Crippen LogP contribution in [0.25, 0.3) is 0 Å². The monoisotopic (exact) mass is 367 g/mol. The highest BCUT2D eigenvalue weighted by atomic mass is 32.1. The van der Waals surface area contributed by atoms with Crippen LogP contribution in [0.2, 0.25) is 0 Å². The number of amides is 2. The molecule has 138 valence electrons. The third-order valence-corrected chi connectivity index (χ3v) is 5.54. The van der Waals surface area contributed by atoms with Crippen LogP contribution in [-0.2, 0) is 11.2 Å². The highest BCUT2D eigenvalue weighted by Crippen LogP contribution is 2.33. The van der Waals surface area contributed by atoms with Gasteiger partial charge in [-0.25, -0.2) is 4.79 Å². The molecule has 2 fully saturated rings. The maximum absolute atomic E-state index is 12.0. The summed E-state index contributed by atoms with van der Waals surface area (Å²) in [6, 6.07) is 0.0674. The molecule has 1 aromatic heterocycles. The molecule has 2 aliphatic carbocycles. The molecule has 8 nitrogen and oxygen atoms in total. The van der Waals surface area contributed by atoms with Gasteiger partial charge in [0, 0.05) is 25.0 Å². The van der Waals surface area contributed by atoms with Crippen LogP contribution in [-0.4, -0.2) is 57.4 Å². The van der Waals surface area contributed by atoms with Crippen molar-refractivity contribution in [3.05, 3.63) is 5.01 Å². The van der Waals surface area contributed by atoms with Gasteiger partial charge in [0.2, 0.25) is 5.13 Å². The number of anilines is 1. The van der Waals surface area contributed by atoms with E-state index in [-0.39, 0.29) is 24.7 Å². The number of aliphatic carboxylic acids is 1. The van der Waals surface area contributed by atoms with Crippen LogP contribution < -0.4 is 10.6 Å². The fourth-order valence-electron chi connectivity index (χ4n) is 3.09. The number of aromatic nitrogens is 2. The molecule has 25 heavy (non-hydrogen) atoms. The maximum Gasteiger partial charge on any atom is 0.321 e. The van der Waals surface area contributed by atoms with Crippen molar-refractivity contribution in [3.63, 3.8) is 0 Å². The molecule has 0 bridgehead atoms. The molecule has 2 aliphatic rings. The lowest BCUT2D eigenvalue weighted by atomic mass is 9.85. The summed E-state index contributed by atoms with van der Waals surface area (Å²) in [5.41, 5.74) is 0. The van der Waals surface area contributed by atoms with Crippen LogP contribution in [0, 0.1) is 5.92 Å². The molecule has 0 aliphatic heterocycles. The van der Waals surface area contributed by atoms with Crippen molar-refractivity contribution in [2.24, 2.45) is 5.92 Å². The molecule has 0 unspecified atom stereocenters. The van der Waals surface area contributed by atoms with Crippen molar-refractivity contribution < 1.29 is 14.7 Å². The predicted octanol–water partition coefficient (Wildman–Crippen LogP) is 1.94. The zero-order valence-electron chi connectivity index (χ0n) is 14.4. The van der Waals surface area contributed by atoms with Crippen LogP contribution >= 0.6 is 11.3 Å². The number of aryl methyl sites for hydroxylation is 1. The first-order valence-corrected chi connectivity index (χ1v) is 9.71. The highest BCUT2D eigenvalue weighted by molar-refractivity contribution is 7.15. The summed E-state index contributed by atoms with van der Waals surface area (Å²) in [5.74, 6) is -0.127. The molecule has 3 rings (SSSR count). The average molecular weight is 367 g/mol. The van der Waals surface area contributed by atoms with Crippen LogP contribution in [0.3, 0.4) is 0 Å². The van der Waals surface area contributed by atoms with Gasteiger partial charge >= 0.3 is 12.0 Å². The SMILES string of the molecule is CCCc1nnc(NC(=O)NC2CC(N(CC(=O)O)CC3CC3)C2)s1. The van der Waals surface area contributed by atoms with E-state index in [9.17, 15) is 9.59 Å². The third kappa shape index (κ3) is 5.37. The summed E-state index contributed by atoms with van der Waals surface area (Å²) in [6.07, 6.45) is 5.86. The van der Waals surface area contributed by atoms with Gasteiger partial charge in [0.1, 0.15) is 5.01 Å². The fourth-order valence-corrected chi connectivity index (χ4v) is 3.93. The molecular weight excluding hydrogens is 342 g/mol. The molecule has 0 radical (unpaired) electrons. The van der Waals surface area contributed by atoms with Crippen molar-refractivity contribution in [1.29, 1.82) is 0 Å². The van der Waals surface area contributed by atoms with Crippen molar-refractivity contribution >= 4 is 28.5 Å². The van der Waals surface area contributed by atoms with Crippen molar-refractivity contribution in [3.8, 4) is 0 Å². The van der Waals surface area contributed by atoms with E-state index < -0.39 is 5.97 Å². The molecule has 3 N–H and O–H groups in total. The minimum absolute atomic E-state index is 0.0866. The maximum atomic E-state index is 12.0. The summed E-state index contributed by atoms with van der Waals surface area (Å²) in [5, 5.41) is 24.2. The van der Waals surface area contributed by atoms with Gasteiger partial charge < -0.3 is 10.4 Å². The Labute approximate surface area is 151 Å². The summed E-state index contributed by atoms with van der Waals surface area (Å²) < 4.78 is 0. The standard InChI is InChI=1S/C16H25N5O3S/c1-2-3-13-19-20-16(25-13)18-15(24)17-11-6-12(7-11)21(9-14(22)23)8-10-4-5-10/h10-12H,2-9H2,1H3,(H,22,23)(H2,17,18,20,24). The Morgan fingerprint density at radius 3 is 2.72 bits per heavy atom. The smallest absolute Gasteiger partial charge is 0.321 e. The normalized spacial score (nSPS) is 22.5. The van der Waals surface area contributed by atoms with E-state index in [4.69, 9.17) is 5.11 Å². The molecule has 1 aromatic rings. The van der Waals surface area contributed by atoms with Crippen molar-refractivity contribution in [1.82, 2.24) is 20.4 Å². The molecule has 0 spiro atoms. The zero-order valence-corrected chi connectivity index (χ0v) is 15.2. The Balaban J connectivity index is 1.40. The lowest BCUT2D eigenvalue weighted by Crippen LogP contribution is -2.55. The van der Waals surface area contributed by atoms with E-state index in [2.05, 4.69) is 32.7 Å². The van der Waals surface area contributed by atoms with Gasteiger partial charge in [-0.3, -0.25) is 15.0 Å². The van der Waals surface area contributed by atoms with E-state index >= 15 is 0 Å². The largest absolute Gasteiger partial charge is 0.480 e. The van der Waals surface area contributed by atoms with E-state index in [1.165, 1.54) is 24.2 Å². The molecule has 9 heteroatoms. The predicted molar refractivity (Wildman–Crippen MR) is 94.8 cm³/mol. The van der Waals surface area contributed by atoms with E-state index in [1.54, 1.807) is 0 Å². The Morgan fingerprint density at radius 1 is 1.32 bits per heavy atom. The number of nitrogens with zero attached hydrogens (tertiary/aromatic N) is 3. The number of urea groups is 1. The second-order valence-electron chi connectivity index (χ2n) is 6.94. The Bertz CT molecular complexity index is 613. The average Bonchev–Trinajstić information content (AvgIpc) is 3.21. The van der Waals surface area contributed by atoms with E-state index in [0.29, 0.717) is 11.0 Å². The lowest BCUT2D eigenvalue weighted by Gasteiger charge is -2.42. The first-order chi connectivity index (χ1) is 12.0. The summed E-state index contributed by atoms with van der Waals surface area (Å²) in [7, 11) is 0. The molecule has 2 amide bonds. The highest BCUT2D eigenvalue weighted by Gasteiger charge is 2.37. The molecule has 1 heterocycles. The fraction of sp³-hybridized carbons (Fsp3) is 0.750. The van der Waals surface area contributed by atoms with Crippen molar-refractivity contribution in [2.45, 2.75) is 57.5 Å². The topological polar surface area (TPSA) is 107 Å². The number of rotatable bonds is 9. The van der Waals surface area contributed by atoms with Crippen LogP contribution in [0.15, 0.2) is 0 Å². The molecule has 0 aromatic carbocycles. The summed E-state index contributed by atoms with van der Waals surface area (Å²) >= 11 is 1.40. The summed E-state index contributed by atoms with van der Waals surface area (Å²) in [6.45, 7) is 3.02. The number of hydrogen-bond acceptors (Lipinski definition) is 6. The Hall–Kier alpha value is -1.74. The minimum atomic E-state index is -0.783. The number of carbonyl (C=O) groups is 2. The van der Waals surface area contributed by atoms with Crippen LogP contribution in [0.5, 0.6) is 0 Å². The second-order valence-corrected chi connectivity index (χ2v) is 8.00. The molecular formula is C16H25N5O3S. The summed E-state index contributed by atoms with van der Waals surface area (Å²) in [4.78, 5) is 25.1. The minimum Gasteiger partial charge on any atom is -0.480 e. The van der Waals surface area contributed by atoms with Crippen LogP contribution in [0.4, 0.5) is 9.93 Å². The Morgan fingerprint density at radius 2 is 2.08 bits per heavy atom. The van der Waals surface area contributed by atoms with Gasteiger partial charge in [-0.15, -0.1) is 10.2 Å². The van der Waals surface area contributed by atoms with Gasteiger partial charge in [0.05, 0.1) is 6.54 Å². The number of carbonyl (C=O) groups excluding carboxylic acids is 1. The first-order valence-electron chi connectivity index (χ1n) is 8.89. The quantitative estimate of drug-likeness (QED) is 0.616. The van der Waals surface area contributed by atoms with Gasteiger partial charge in [-0.05, 0) is 38.0 Å². The first kappa shape index (κ1) is 18.1.